The van der Waals surface area contributed by atoms with E-state index in [0.717, 1.165) is 3.63 Å². The van der Waals surface area contributed by atoms with E-state index in [9.17, 15) is 0 Å². The molecule has 125 valence electrons. The molecule has 2 aromatic rings. The van der Waals surface area contributed by atoms with Crippen molar-refractivity contribution in [1.82, 2.24) is 0 Å². The molecule has 0 saturated carbocycles. The van der Waals surface area contributed by atoms with Crippen LogP contribution in [0.5, 0.6) is 0 Å². The molecule has 0 heterocycles. The number of fused-ring (bicyclic) bond motifs is 1. The van der Waals surface area contributed by atoms with Crippen LogP contribution in [-0.4, -0.2) is 5.92 Å². The van der Waals surface area contributed by atoms with Crippen LogP contribution in [0.25, 0.3) is 17.2 Å². The standard InChI is InChI=1S/C18H17.C2H6Si.2ClH.Zr/c1-3-14-11-16-5-4-6-17(18(16)12-14)15-9-7-13(2)8-10-15;1-3-2;;;/h4-12H,3H2,1-2H3;1-2H3;2*1H;/q;;;;+2/p-2. The summed E-state index contributed by atoms with van der Waals surface area (Å²) in [4.78, 5) is 0. The quantitative estimate of drug-likeness (QED) is 0.565. The Balaban J connectivity index is 0.00000144. The third kappa shape index (κ3) is 4.52. The van der Waals surface area contributed by atoms with Gasteiger partial charge in [-0.3, -0.25) is 0 Å². The molecule has 2 aromatic carbocycles. The third-order valence-electron chi connectivity index (χ3n) is 4.36. The van der Waals surface area contributed by atoms with Crippen LogP contribution < -0.4 is 24.8 Å². The average Bonchev–Trinajstić information content (AvgIpc) is 2.85. The van der Waals surface area contributed by atoms with E-state index < -0.39 is 0 Å². The van der Waals surface area contributed by atoms with Crippen molar-refractivity contribution in [1.29, 1.82) is 0 Å². The Morgan fingerprint density at radius 2 is 1.67 bits per heavy atom. The largest absolute Gasteiger partial charge is 1.00 e. The zero-order chi connectivity index (χ0) is 15.7. The Labute approximate surface area is 171 Å². The molecule has 0 saturated heterocycles. The van der Waals surface area contributed by atoms with Gasteiger partial charge in [-0.1, -0.05) is 0 Å². The van der Waals surface area contributed by atoms with Crippen molar-refractivity contribution in [3.8, 4) is 11.1 Å². The molecule has 0 N–H and O–H groups in total. The van der Waals surface area contributed by atoms with Gasteiger partial charge in [0.2, 0.25) is 0 Å². The summed E-state index contributed by atoms with van der Waals surface area (Å²) in [5.74, 6) is -0.0547. The number of aryl methyl sites for hydroxylation is 1. The van der Waals surface area contributed by atoms with Crippen LogP contribution in [0.2, 0.25) is 13.1 Å². The van der Waals surface area contributed by atoms with Crippen molar-refractivity contribution in [2.45, 2.75) is 37.0 Å². The van der Waals surface area contributed by atoms with Crippen LogP contribution in [0, 0.1) is 6.92 Å². The summed E-state index contributed by atoms with van der Waals surface area (Å²) < 4.78 is 0.831. The van der Waals surface area contributed by atoms with Gasteiger partial charge in [0.25, 0.3) is 0 Å². The predicted octanol–water partition coefficient (Wildman–Crippen LogP) is -0.148. The minimum atomic E-state index is -0.320. The minimum absolute atomic E-state index is 0. The first-order valence-corrected chi connectivity index (χ1v) is 15.7. The molecule has 24 heavy (non-hydrogen) atoms. The molecule has 4 heteroatoms. The van der Waals surface area contributed by atoms with Gasteiger partial charge in [-0.05, 0) is 0 Å². The van der Waals surface area contributed by atoms with Gasteiger partial charge in [0.05, 0.1) is 0 Å². The Bertz CT molecular complexity index is 708. The Morgan fingerprint density at radius 3 is 2.25 bits per heavy atom. The number of halogens is 2. The van der Waals surface area contributed by atoms with Crippen LogP contribution >= 0.6 is 0 Å². The van der Waals surface area contributed by atoms with Crippen molar-refractivity contribution >= 4 is 12.0 Å². The van der Waals surface area contributed by atoms with Gasteiger partial charge in [-0.25, -0.2) is 0 Å². The van der Waals surface area contributed by atoms with Crippen molar-refractivity contribution in [3.05, 3.63) is 64.7 Å². The molecule has 1 atom stereocenters. The maximum absolute atomic E-state index is 2.51. The van der Waals surface area contributed by atoms with Gasteiger partial charge in [-0.15, -0.1) is 0 Å². The molecule has 1 aliphatic carbocycles. The molecule has 1 radical (unpaired) electrons. The van der Waals surface area contributed by atoms with Gasteiger partial charge < -0.3 is 24.8 Å². The maximum atomic E-state index is 2.51. The normalized spacial score (nSPS) is 15.0. The second kappa shape index (κ2) is 9.53. The van der Waals surface area contributed by atoms with Crippen LogP contribution in [0.1, 0.15) is 33.7 Å². The van der Waals surface area contributed by atoms with E-state index >= 15 is 0 Å². The van der Waals surface area contributed by atoms with Crippen LogP contribution in [-0.2, 0) is 22.4 Å². The number of hydrogen-bond donors (Lipinski definition) is 0. The summed E-state index contributed by atoms with van der Waals surface area (Å²) in [6, 6.07) is 15.9. The fraction of sp³-hybridized carbons (Fsp3) is 0.300. The van der Waals surface area contributed by atoms with Gasteiger partial charge in [0.15, 0.2) is 0 Å². The molecule has 0 bridgehead atoms. The summed E-state index contributed by atoms with van der Waals surface area (Å²) in [6.45, 7) is 9.49. The van der Waals surface area contributed by atoms with E-state index in [-0.39, 0.29) is 53.1 Å². The second-order valence-corrected chi connectivity index (χ2v) is 19.5. The third-order valence-corrected chi connectivity index (χ3v) is 13.3. The Morgan fingerprint density at radius 1 is 1.00 bits per heavy atom. The average molecular weight is 454 g/mol. The summed E-state index contributed by atoms with van der Waals surface area (Å²) in [5.41, 5.74) is 8.96. The first-order chi connectivity index (χ1) is 10.6. The molecular formula is C20H23Cl2SiZr. The second-order valence-electron chi connectivity index (χ2n) is 6.32. The maximum Gasteiger partial charge on any atom is -1.00 e. The Hall–Kier alpha value is -0.140. The summed E-state index contributed by atoms with van der Waals surface area (Å²) >= 11 is -0.320. The zero-order valence-electron chi connectivity index (χ0n) is 14.7. The molecule has 0 spiro atoms. The molecule has 0 fully saturated rings. The molecule has 0 aliphatic heterocycles. The molecule has 0 aromatic heterocycles. The molecule has 1 aliphatic rings. The molecular weight excluding hydrogens is 430 g/mol. The van der Waals surface area contributed by atoms with E-state index in [0.29, 0.717) is 0 Å². The first kappa shape index (κ1) is 21.9. The molecule has 1 unspecified atom stereocenters. The summed E-state index contributed by atoms with van der Waals surface area (Å²) in [6.07, 6.45) is 3.73. The number of hydrogen-bond acceptors (Lipinski definition) is 0. The zero-order valence-corrected chi connectivity index (χ0v) is 19.6. The van der Waals surface area contributed by atoms with Crippen LogP contribution in [0.4, 0.5) is 0 Å². The van der Waals surface area contributed by atoms with Gasteiger partial charge in [-0.2, -0.15) is 0 Å². The fourth-order valence-electron chi connectivity index (χ4n) is 3.21. The van der Waals surface area contributed by atoms with Gasteiger partial charge in [0, 0.05) is 0 Å². The van der Waals surface area contributed by atoms with Crippen LogP contribution in [0.15, 0.2) is 48.0 Å². The number of allylic oxidation sites excluding steroid dienone is 1. The molecule has 0 nitrogen and oxygen atoms in total. The first-order valence-electron chi connectivity index (χ1n) is 8.07. The molecule has 0 amide bonds. The SMILES string of the molecule is CCC1=Cc2c(-c3ccc(C)cc3)cccc2[CH]1[Zr+2][Si](C)C.[Cl-].[Cl-]. The summed E-state index contributed by atoms with van der Waals surface area (Å²) in [7, 11) is 0. The number of benzene rings is 2. The molecule has 3 rings (SSSR count). The topological polar surface area (TPSA) is 0 Å². The van der Waals surface area contributed by atoms with Gasteiger partial charge in [0.1, 0.15) is 0 Å². The van der Waals surface area contributed by atoms with E-state index in [1.807, 2.05) is 0 Å². The Kier molecular flexibility index (Phi) is 8.70. The van der Waals surface area contributed by atoms with Crippen molar-refractivity contribution in [2.75, 3.05) is 0 Å². The van der Waals surface area contributed by atoms with Crippen molar-refractivity contribution in [2.24, 2.45) is 0 Å². The smallest absolute Gasteiger partial charge is 1.00 e. The fourth-order valence-corrected chi connectivity index (χ4v) is 12.2. The number of rotatable bonds is 4. The van der Waals surface area contributed by atoms with Crippen molar-refractivity contribution in [3.63, 3.8) is 0 Å². The predicted molar refractivity (Wildman–Crippen MR) is 95.1 cm³/mol. The van der Waals surface area contributed by atoms with E-state index in [1.165, 1.54) is 28.7 Å². The monoisotopic (exact) mass is 451 g/mol. The van der Waals surface area contributed by atoms with E-state index in [1.54, 1.807) is 11.1 Å². The minimum Gasteiger partial charge on any atom is -1.00 e. The van der Waals surface area contributed by atoms with Crippen LogP contribution in [0.3, 0.4) is 0 Å². The van der Waals surface area contributed by atoms with E-state index in [4.69, 9.17) is 0 Å². The van der Waals surface area contributed by atoms with Gasteiger partial charge >= 0.3 is 147 Å². The summed E-state index contributed by atoms with van der Waals surface area (Å²) in [5, 5.41) is 0. The van der Waals surface area contributed by atoms with E-state index in [2.05, 4.69) is 75.5 Å². The van der Waals surface area contributed by atoms with Crippen molar-refractivity contribution < 1.29 is 47.2 Å².